The Labute approximate surface area is 117 Å². The highest BCUT2D eigenvalue weighted by atomic mass is 19.3. The monoisotopic (exact) mass is 305 g/mol. The molecule has 0 spiro atoms. The summed E-state index contributed by atoms with van der Waals surface area (Å²) in [6.45, 7) is 1.99. The number of carbonyl (C=O) groups excluding carboxylic acids is 3. The van der Waals surface area contributed by atoms with Gasteiger partial charge in [0.1, 0.15) is 12.2 Å². The third-order valence-electron chi connectivity index (χ3n) is 2.12. The Kier molecular flexibility index (Phi) is 5.69. The van der Waals surface area contributed by atoms with Gasteiger partial charge in [-0.1, -0.05) is 5.21 Å². The van der Waals surface area contributed by atoms with Gasteiger partial charge in [0.15, 0.2) is 5.69 Å². The molecule has 0 fully saturated rings. The van der Waals surface area contributed by atoms with Crippen molar-refractivity contribution in [1.82, 2.24) is 25.8 Å². The Morgan fingerprint density at radius 3 is 2.52 bits per heavy atom. The largest absolute Gasteiger partial charge is 0.461 e. The molecule has 0 atom stereocenters. The molecule has 0 saturated heterocycles. The summed E-state index contributed by atoms with van der Waals surface area (Å²) < 4.78 is 31.1. The van der Waals surface area contributed by atoms with Crippen LogP contribution in [0.2, 0.25) is 0 Å². The van der Waals surface area contributed by atoms with Crippen LogP contribution < -0.4 is 10.9 Å². The van der Waals surface area contributed by atoms with E-state index < -0.39 is 42.1 Å². The van der Waals surface area contributed by atoms with Crippen molar-refractivity contribution in [2.75, 3.05) is 6.61 Å². The van der Waals surface area contributed by atoms with Gasteiger partial charge in [-0.3, -0.25) is 20.4 Å². The molecule has 0 aliphatic heterocycles. The van der Waals surface area contributed by atoms with Crippen molar-refractivity contribution in [3.8, 4) is 0 Å². The summed E-state index contributed by atoms with van der Waals surface area (Å²) in [5.74, 6) is -2.41. The minimum Gasteiger partial charge on any atom is -0.461 e. The van der Waals surface area contributed by atoms with Crippen molar-refractivity contribution >= 4 is 17.8 Å². The van der Waals surface area contributed by atoms with E-state index in [4.69, 9.17) is 0 Å². The standard InChI is InChI=1S/C10H13F2N5O4/c1-3-21-10(20)7-8(9(11)12)17(16-15-7)4-6(19)14-13-5(2)18/h9H,3-4H2,1-2H3,(H,13,18)(H,14,19). The maximum atomic E-state index is 13.0. The molecule has 9 nitrogen and oxygen atoms in total. The van der Waals surface area contributed by atoms with Crippen LogP contribution in [0.15, 0.2) is 0 Å². The second-order valence-corrected chi connectivity index (χ2v) is 3.73. The molecule has 1 heterocycles. The number of carbonyl (C=O) groups is 3. The second kappa shape index (κ2) is 7.26. The normalized spacial score (nSPS) is 10.3. The first kappa shape index (κ1) is 16.5. The van der Waals surface area contributed by atoms with Crippen LogP contribution in [-0.4, -0.2) is 39.4 Å². The first-order valence-corrected chi connectivity index (χ1v) is 5.80. The molecule has 0 aliphatic carbocycles. The molecule has 1 aromatic rings. The van der Waals surface area contributed by atoms with Crippen LogP contribution in [-0.2, 0) is 20.9 Å². The zero-order valence-electron chi connectivity index (χ0n) is 11.2. The number of hydrogen-bond donors (Lipinski definition) is 2. The van der Waals surface area contributed by atoms with Crippen molar-refractivity contribution in [2.24, 2.45) is 0 Å². The number of hydrogen-bond acceptors (Lipinski definition) is 6. The lowest BCUT2D eigenvalue weighted by Crippen LogP contribution is -2.42. The number of nitrogens with one attached hydrogen (secondary N) is 2. The SMILES string of the molecule is CCOC(=O)c1nnn(CC(=O)NNC(C)=O)c1C(F)F. The van der Waals surface area contributed by atoms with Crippen molar-refractivity contribution in [3.63, 3.8) is 0 Å². The van der Waals surface area contributed by atoms with Crippen molar-refractivity contribution in [1.29, 1.82) is 0 Å². The second-order valence-electron chi connectivity index (χ2n) is 3.73. The summed E-state index contributed by atoms with van der Waals surface area (Å²) in [6.07, 6.45) is -3.08. The molecule has 0 aliphatic rings. The summed E-state index contributed by atoms with van der Waals surface area (Å²) in [5.41, 5.74) is 2.48. The lowest BCUT2D eigenvalue weighted by Gasteiger charge is -2.08. The van der Waals surface area contributed by atoms with Gasteiger partial charge in [0.25, 0.3) is 12.3 Å². The fourth-order valence-corrected chi connectivity index (χ4v) is 1.33. The Morgan fingerprint density at radius 1 is 1.33 bits per heavy atom. The number of nitrogens with zero attached hydrogens (tertiary/aromatic N) is 3. The maximum Gasteiger partial charge on any atom is 0.361 e. The molecule has 2 amide bonds. The number of esters is 1. The van der Waals surface area contributed by atoms with Crippen LogP contribution in [0, 0.1) is 0 Å². The number of hydrazine groups is 1. The number of rotatable bonds is 5. The van der Waals surface area contributed by atoms with Gasteiger partial charge in [0, 0.05) is 6.92 Å². The van der Waals surface area contributed by atoms with Gasteiger partial charge >= 0.3 is 5.97 Å². The van der Waals surface area contributed by atoms with Gasteiger partial charge in [-0.2, -0.15) is 0 Å². The number of halogens is 2. The van der Waals surface area contributed by atoms with Crippen molar-refractivity contribution in [2.45, 2.75) is 26.8 Å². The smallest absolute Gasteiger partial charge is 0.361 e. The van der Waals surface area contributed by atoms with Crippen LogP contribution in [0.1, 0.15) is 36.5 Å². The van der Waals surface area contributed by atoms with Crippen LogP contribution >= 0.6 is 0 Å². The minimum absolute atomic E-state index is 0.0165. The zero-order valence-corrected chi connectivity index (χ0v) is 11.2. The van der Waals surface area contributed by atoms with E-state index in [0.717, 1.165) is 6.92 Å². The van der Waals surface area contributed by atoms with Crippen LogP contribution in [0.3, 0.4) is 0 Å². The van der Waals surface area contributed by atoms with Crippen molar-refractivity contribution in [3.05, 3.63) is 11.4 Å². The number of alkyl halides is 2. The average Bonchev–Trinajstić information content (AvgIpc) is 2.80. The lowest BCUT2D eigenvalue weighted by atomic mass is 10.3. The van der Waals surface area contributed by atoms with E-state index >= 15 is 0 Å². The molecule has 0 bridgehead atoms. The van der Waals surface area contributed by atoms with Gasteiger partial charge in [-0.05, 0) is 6.92 Å². The molecule has 21 heavy (non-hydrogen) atoms. The summed E-state index contributed by atoms with van der Waals surface area (Å²) in [6, 6.07) is 0. The van der Waals surface area contributed by atoms with Gasteiger partial charge < -0.3 is 4.74 Å². The predicted molar refractivity (Wildman–Crippen MR) is 62.9 cm³/mol. The summed E-state index contributed by atoms with van der Waals surface area (Å²) >= 11 is 0. The van der Waals surface area contributed by atoms with Gasteiger partial charge in [0.05, 0.1) is 6.61 Å². The molecule has 116 valence electrons. The minimum atomic E-state index is -3.08. The molecule has 0 saturated carbocycles. The first-order valence-electron chi connectivity index (χ1n) is 5.80. The highest BCUT2D eigenvalue weighted by Crippen LogP contribution is 2.21. The van der Waals surface area contributed by atoms with E-state index in [-0.39, 0.29) is 6.61 Å². The molecule has 0 aromatic carbocycles. The van der Waals surface area contributed by atoms with E-state index in [9.17, 15) is 23.2 Å². The fourth-order valence-electron chi connectivity index (χ4n) is 1.33. The summed E-state index contributed by atoms with van der Waals surface area (Å²) in [5, 5.41) is 6.62. The fraction of sp³-hybridized carbons (Fsp3) is 0.500. The highest BCUT2D eigenvalue weighted by Gasteiger charge is 2.28. The predicted octanol–water partition coefficient (Wildman–Crippen LogP) is -0.440. The summed E-state index contributed by atoms with van der Waals surface area (Å²) in [7, 11) is 0. The topological polar surface area (TPSA) is 115 Å². The van der Waals surface area contributed by atoms with Crippen LogP contribution in [0.4, 0.5) is 8.78 Å². The number of amides is 2. The van der Waals surface area contributed by atoms with Gasteiger partial charge in [-0.15, -0.1) is 5.10 Å². The van der Waals surface area contributed by atoms with Gasteiger partial charge in [-0.25, -0.2) is 18.3 Å². The van der Waals surface area contributed by atoms with E-state index in [0.29, 0.717) is 4.68 Å². The van der Waals surface area contributed by atoms with Gasteiger partial charge in [0.2, 0.25) is 5.91 Å². The zero-order chi connectivity index (χ0) is 16.0. The van der Waals surface area contributed by atoms with E-state index in [1.807, 2.05) is 10.9 Å². The molecule has 0 radical (unpaired) electrons. The Morgan fingerprint density at radius 2 is 2.00 bits per heavy atom. The van der Waals surface area contributed by atoms with E-state index in [2.05, 4.69) is 15.0 Å². The third-order valence-corrected chi connectivity index (χ3v) is 2.12. The van der Waals surface area contributed by atoms with E-state index in [1.54, 1.807) is 0 Å². The van der Waals surface area contributed by atoms with E-state index in [1.165, 1.54) is 6.92 Å². The highest BCUT2D eigenvalue weighted by molar-refractivity contribution is 5.88. The molecule has 0 unspecified atom stereocenters. The average molecular weight is 305 g/mol. The van der Waals surface area contributed by atoms with Crippen LogP contribution in [0.5, 0.6) is 0 Å². The molecule has 1 aromatic heterocycles. The molecule has 1 rings (SSSR count). The van der Waals surface area contributed by atoms with Crippen molar-refractivity contribution < 1.29 is 27.9 Å². The Balaban J connectivity index is 2.90. The molecular weight excluding hydrogens is 292 g/mol. The third kappa shape index (κ3) is 4.47. The quantitative estimate of drug-likeness (QED) is 0.563. The Bertz CT molecular complexity index is 546. The number of aromatic nitrogens is 3. The lowest BCUT2D eigenvalue weighted by molar-refractivity contribution is -0.128. The summed E-state index contributed by atoms with van der Waals surface area (Å²) in [4.78, 5) is 33.5. The molecule has 2 N–H and O–H groups in total. The Hall–Kier alpha value is -2.59. The maximum absolute atomic E-state index is 13.0. The number of ether oxygens (including phenoxy) is 1. The molecule has 11 heteroatoms. The van der Waals surface area contributed by atoms with Crippen LogP contribution in [0.25, 0.3) is 0 Å². The molecular formula is C10H13F2N5O4. The first-order chi connectivity index (χ1) is 9.86.